The molecule has 0 aliphatic carbocycles. The third-order valence-electron chi connectivity index (χ3n) is 3.38. The zero-order valence-electron chi connectivity index (χ0n) is 11.2. The van der Waals surface area contributed by atoms with Gasteiger partial charge in [-0.1, -0.05) is 0 Å². The molecule has 0 radical (unpaired) electrons. The highest BCUT2D eigenvalue weighted by Gasteiger charge is 2.27. The lowest BCUT2D eigenvalue weighted by atomic mass is 10.0. The van der Waals surface area contributed by atoms with Crippen molar-refractivity contribution in [2.75, 3.05) is 19.7 Å². The molecule has 18 heavy (non-hydrogen) atoms. The van der Waals surface area contributed by atoms with E-state index in [0.717, 1.165) is 38.5 Å². The van der Waals surface area contributed by atoms with Crippen molar-refractivity contribution in [1.82, 2.24) is 10.2 Å². The second-order valence-corrected chi connectivity index (χ2v) is 4.88. The van der Waals surface area contributed by atoms with Crippen molar-refractivity contribution in [3.05, 3.63) is 0 Å². The number of carbonyl (C=O) groups is 2. The van der Waals surface area contributed by atoms with E-state index >= 15 is 0 Å². The van der Waals surface area contributed by atoms with Crippen LogP contribution in [-0.2, 0) is 9.59 Å². The number of aliphatic hydroxyl groups excluding tert-OH is 1. The van der Waals surface area contributed by atoms with E-state index in [9.17, 15) is 9.59 Å². The molecule has 1 saturated heterocycles. The minimum absolute atomic E-state index is 0.173. The van der Waals surface area contributed by atoms with Crippen molar-refractivity contribution in [3.63, 3.8) is 0 Å². The number of nitrogens with one attached hydrogen (secondary N) is 1. The smallest absolute Gasteiger partial charge is 0.312 e. The summed E-state index contributed by atoms with van der Waals surface area (Å²) in [5.74, 6) is -0.892. The summed E-state index contributed by atoms with van der Waals surface area (Å²) >= 11 is 0. The molecule has 0 spiro atoms. The monoisotopic (exact) mass is 256 g/mol. The molecule has 1 rings (SSSR count). The Bertz CT molecular complexity index is 281. The highest BCUT2D eigenvalue weighted by atomic mass is 16.3. The van der Waals surface area contributed by atoms with E-state index in [1.807, 2.05) is 6.92 Å². The zero-order chi connectivity index (χ0) is 13.4. The number of aliphatic hydroxyl groups is 1. The molecule has 1 aliphatic rings. The molecule has 1 atom stereocenters. The van der Waals surface area contributed by atoms with Crippen molar-refractivity contribution in [2.24, 2.45) is 0 Å². The Morgan fingerprint density at radius 3 is 2.72 bits per heavy atom. The Labute approximate surface area is 109 Å². The predicted octanol–water partition coefficient (Wildman–Crippen LogP) is 0.666. The Kier molecular flexibility index (Phi) is 6.72. The van der Waals surface area contributed by atoms with E-state index in [1.165, 1.54) is 0 Å². The van der Waals surface area contributed by atoms with Crippen LogP contribution in [0.4, 0.5) is 0 Å². The fraction of sp³-hybridized carbons (Fsp3) is 0.846. The number of carbonyl (C=O) groups excluding carboxylic acids is 2. The van der Waals surface area contributed by atoms with Crippen LogP contribution in [0.25, 0.3) is 0 Å². The Morgan fingerprint density at radius 1 is 1.28 bits per heavy atom. The van der Waals surface area contributed by atoms with Crippen LogP contribution < -0.4 is 5.32 Å². The molecule has 0 aromatic rings. The first-order valence-electron chi connectivity index (χ1n) is 6.86. The molecular formula is C13H24N2O3. The van der Waals surface area contributed by atoms with Crippen LogP contribution in [0.1, 0.15) is 45.4 Å². The predicted molar refractivity (Wildman–Crippen MR) is 69.0 cm³/mol. The number of nitrogens with zero attached hydrogens (tertiary/aromatic N) is 1. The van der Waals surface area contributed by atoms with Crippen LogP contribution in [0.15, 0.2) is 0 Å². The highest BCUT2D eigenvalue weighted by molar-refractivity contribution is 6.35. The maximum absolute atomic E-state index is 11.9. The van der Waals surface area contributed by atoms with Gasteiger partial charge in [0.05, 0.1) is 0 Å². The SMILES string of the molecule is CC1CCCCN1C(=O)C(=O)NCCCCCO. The average molecular weight is 256 g/mol. The summed E-state index contributed by atoms with van der Waals surface area (Å²) in [6.07, 6.45) is 5.51. The van der Waals surface area contributed by atoms with Crippen molar-refractivity contribution >= 4 is 11.8 Å². The van der Waals surface area contributed by atoms with Crippen LogP contribution in [-0.4, -0.2) is 47.6 Å². The van der Waals surface area contributed by atoms with Crippen molar-refractivity contribution in [3.8, 4) is 0 Å². The number of hydrogen-bond acceptors (Lipinski definition) is 3. The molecule has 1 fully saturated rings. The minimum atomic E-state index is -0.493. The minimum Gasteiger partial charge on any atom is -0.396 e. The Hall–Kier alpha value is -1.10. The maximum atomic E-state index is 11.9. The number of amides is 2. The van der Waals surface area contributed by atoms with Gasteiger partial charge in [-0.3, -0.25) is 9.59 Å². The molecule has 0 aromatic carbocycles. The molecule has 5 heteroatoms. The van der Waals surface area contributed by atoms with Crippen LogP contribution in [0.2, 0.25) is 0 Å². The first-order chi connectivity index (χ1) is 8.66. The molecule has 2 N–H and O–H groups in total. The third-order valence-corrected chi connectivity index (χ3v) is 3.38. The number of piperidine rings is 1. The molecule has 1 unspecified atom stereocenters. The second kappa shape index (κ2) is 8.08. The fourth-order valence-corrected chi connectivity index (χ4v) is 2.22. The summed E-state index contributed by atoms with van der Waals surface area (Å²) < 4.78 is 0. The van der Waals surface area contributed by atoms with Gasteiger partial charge in [0.15, 0.2) is 0 Å². The molecule has 2 amide bonds. The van der Waals surface area contributed by atoms with E-state index in [1.54, 1.807) is 4.90 Å². The standard InChI is InChI=1S/C13H24N2O3/c1-11-7-3-5-9-15(11)13(18)12(17)14-8-4-2-6-10-16/h11,16H,2-10H2,1H3,(H,14,17). The molecule has 0 bridgehead atoms. The number of likely N-dealkylation sites (tertiary alicyclic amines) is 1. The first kappa shape index (κ1) is 15.0. The average Bonchev–Trinajstić information content (AvgIpc) is 2.38. The quantitative estimate of drug-likeness (QED) is 0.561. The topological polar surface area (TPSA) is 69.6 Å². The van der Waals surface area contributed by atoms with Crippen molar-refractivity contribution in [1.29, 1.82) is 0 Å². The molecule has 1 heterocycles. The number of hydrogen-bond donors (Lipinski definition) is 2. The largest absolute Gasteiger partial charge is 0.396 e. The third kappa shape index (κ3) is 4.64. The lowest BCUT2D eigenvalue weighted by Crippen LogP contribution is -2.49. The van der Waals surface area contributed by atoms with Crippen molar-refractivity contribution < 1.29 is 14.7 Å². The summed E-state index contributed by atoms with van der Waals surface area (Å²) in [5, 5.41) is 11.3. The van der Waals surface area contributed by atoms with E-state index in [2.05, 4.69) is 5.32 Å². The number of unbranched alkanes of at least 4 members (excludes halogenated alkanes) is 2. The van der Waals surface area contributed by atoms with E-state index in [-0.39, 0.29) is 12.6 Å². The van der Waals surface area contributed by atoms with Crippen LogP contribution in [0.3, 0.4) is 0 Å². The molecule has 1 aliphatic heterocycles. The van der Waals surface area contributed by atoms with Gasteiger partial charge in [-0.2, -0.15) is 0 Å². The summed E-state index contributed by atoms with van der Waals surface area (Å²) in [7, 11) is 0. The van der Waals surface area contributed by atoms with E-state index in [0.29, 0.717) is 13.1 Å². The van der Waals surface area contributed by atoms with Crippen molar-refractivity contribution in [2.45, 2.75) is 51.5 Å². The van der Waals surface area contributed by atoms with Crippen LogP contribution >= 0.6 is 0 Å². The lowest BCUT2D eigenvalue weighted by Gasteiger charge is -2.32. The van der Waals surface area contributed by atoms with Gasteiger partial charge in [-0.05, 0) is 45.4 Å². The maximum Gasteiger partial charge on any atom is 0.312 e. The fourth-order valence-electron chi connectivity index (χ4n) is 2.22. The van der Waals surface area contributed by atoms with Gasteiger partial charge >= 0.3 is 11.8 Å². The van der Waals surface area contributed by atoms with Gasteiger partial charge in [-0.15, -0.1) is 0 Å². The lowest BCUT2D eigenvalue weighted by molar-refractivity contribution is -0.148. The van der Waals surface area contributed by atoms with Gasteiger partial charge in [-0.25, -0.2) is 0 Å². The molecule has 0 aromatic heterocycles. The second-order valence-electron chi connectivity index (χ2n) is 4.88. The molecule has 5 nitrogen and oxygen atoms in total. The Balaban J connectivity index is 2.25. The normalized spacial score (nSPS) is 19.7. The summed E-state index contributed by atoms with van der Waals surface area (Å²) in [4.78, 5) is 25.2. The van der Waals surface area contributed by atoms with Crippen LogP contribution in [0.5, 0.6) is 0 Å². The van der Waals surface area contributed by atoms with Gasteiger partial charge in [0, 0.05) is 25.7 Å². The molecule has 0 saturated carbocycles. The van der Waals surface area contributed by atoms with Gasteiger partial charge < -0.3 is 15.3 Å². The summed E-state index contributed by atoms with van der Waals surface area (Å²) in [6.45, 7) is 3.37. The Morgan fingerprint density at radius 2 is 2.06 bits per heavy atom. The van der Waals surface area contributed by atoms with Gasteiger partial charge in [0.1, 0.15) is 0 Å². The van der Waals surface area contributed by atoms with Gasteiger partial charge in [0.2, 0.25) is 0 Å². The zero-order valence-corrected chi connectivity index (χ0v) is 11.2. The van der Waals surface area contributed by atoms with E-state index in [4.69, 9.17) is 5.11 Å². The van der Waals surface area contributed by atoms with E-state index < -0.39 is 11.8 Å². The van der Waals surface area contributed by atoms with Gasteiger partial charge in [0.25, 0.3) is 0 Å². The summed E-state index contributed by atoms with van der Waals surface area (Å²) in [5.41, 5.74) is 0. The number of rotatable bonds is 5. The summed E-state index contributed by atoms with van der Waals surface area (Å²) in [6, 6.07) is 0.173. The molecule has 104 valence electrons. The van der Waals surface area contributed by atoms with Crippen LogP contribution in [0, 0.1) is 0 Å². The molecular weight excluding hydrogens is 232 g/mol. The highest BCUT2D eigenvalue weighted by Crippen LogP contribution is 2.16. The first-order valence-corrected chi connectivity index (χ1v) is 6.86.